The van der Waals surface area contributed by atoms with Gasteiger partial charge in [0, 0.05) is 23.9 Å². The molecule has 1 saturated heterocycles. The fourth-order valence-electron chi connectivity index (χ4n) is 3.35. The van der Waals surface area contributed by atoms with E-state index in [1.807, 2.05) is 54.6 Å². The SMILES string of the molecule is O=S(=O)(Cc1ccccc1)N1CCC(Oc2nncc3ccccc23)CC1. The van der Waals surface area contributed by atoms with Gasteiger partial charge in [0.05, 0.1) is 11.9 Å². The molecule has 27 heavy (non-hydrogen) atoms. The summed E-state index contributed by atoms with van der Waals surface area (Å²) < 4.78 is 32.9. The molecule has 140 valence electrons. The maximum absolute atomic E-state index is 12.7. The molecule has 1 fully saturated rings. The molecule has 1 aliphatic heterocycles. The van der Waals surface area contributed by atoms with Gasteiger partial charge in [-0.15, -0.1) is 5.10 Å². The van der Waals surface area contributed by atoms with Crippen LogP contribution in [0, 0.1) is 0 Å². The number of aromatic nitrogens is 2. The molecule has 0 saturated carbocycles. The van der Waals surface area contributed by atoms with E-state index in [0.29, 0.717) is 31.8 Å². The number of benzene rings is 2. The molecule has 4 rings (SSSR count). The van der Waals surface area contributed by atoms with Crippen LogP contribution in [0.25, 0.3) is 10.8 Å². The first-order chi connectivity index (χ1) is 13.1. The minimum atomic E-state index is -3.32. The molecular formula is C20H21N3O3S. The zero-order valence-electron chi connectivity index (χ0n) is 14.9. The van der Waals surface area contributed by atoms with Crippen molar-refractivity contribution in [3.8, 4) is 5.88 Å². The average Bonchev–Trinajstić information content (AvgIpc) is 2.69. The third kappa shape index (κ3) is 4.09. The number of hydrogen-bond donors (Lipinski definition) is 0. The lowest BCUT2D eigenvalue weighted by Gasteiger charge is -2.31. The van der Waals surface area contributed by atoms with E-state index in [1.165, 1.54) is 0 Å². The molecule has 6 nitrogen and oxygen atoms in total. The Labute approximate surface area is 158 Å². The normalized spacial score (nSPS) is 16.4. The number of sulfonamides is 1. The Morgan fingerprint density at radius 1 is 1.00 bits per heavy atom. The first-order valence-corrected chi connectivity index (χ1v) is 10.6. The third-order valence-electron chi connectivity index (χ3n) is 4.80. The zero-order valence-corrected chi connectivity index (χ0v) is 15.7. The maximum Gasteiger partial charge on any atom is 0.241 e. The molecule has 0 bridgehead atoms. The summed E-state index contributed by atoms with van der Waals surface area (Å²) in [4.78, 5) is 0. The van der Waals surface area contributed by atoms with Gasteiger partial charge in [0.1, 0.15) is 6.10 Å². The second-order valence-corrected chi connectivity index (χ2v) is 8.66. The van der Waals surface area contributed by atoms with Crippen LogP contribution >= 0.6 is 0 Å². The Morgan fingerprint density at radius 2 is 1.70 bits per heavy atom. The van der Waals surface area contributed by atoms with Crippen LogP contribution in [-0.4, -0.2) is 42.1 Å². The molecule has 2 aromatic carbocycles. The number of fused-ring (bicyclic) bond motifs is 1. The van der Waals surface area contributed by atoms with Crippen molar-refractivity contribution in [1.82, 2.24) is 14.5 Å². The summed E-state index contributed by atoms with van der Waals surface area (Å²) in [6.45, 7) is 0.913. The van der Waals surface area contributed by atoms with Gasteiger partial charge in [-0.1, -0.05) is 48.5 Å². The summed E-state index contributed by atoms with van der Waals surface area (Å²) in [5.41, 5.74) is 0.807. The van der Waals surface area contributed by atoms with Gasteiger partial charge < -0.3 is 4.74 Å². The minimum Gasteiger partial charge on any atom is -0.473 e. The summed E-state index contributed by atoms with van der Waals surface area (Å²) in [5, 5.41) is 10.0. The van der Waals surface area contributed by atoms with Crippen molar-refractivity contribution in [3.05, 3.63) is 66.4 Å². The van der Waals surface area contributed by atoms with E-state index in [4.69, 9.17) is 4.74 Å². The molecule has 0 radical (unpaired) electrons. The molecular weight excluding hydrogens is 362 g/mol. The molecule has 0 aliphatic carbocycles. The smallest absolute Gasteiger partial charge is 0.241 e. The van der Waals surface area contributed by atoms with Crippen LogP contribution < -0.4 is 4.74 Å². The quantitative estimate of drug-likeness (QED) is 0.677. The van der Waals surface area contributed by atoms with E-state index in [-0.39, 0.29) is 11.9 Å². The highest BCUT2D eigenvalue weighted by Crippen LogP contribution is 2.26. The lowest BCUT2D eigenvalue weighted by atomic mass is 10.1. The molecule has 0 unspecified atom stereocenters. The van der Waals surface area contributed by atoms with Gasteiger partial charge in [0.25, 0.3) is 0 Å². The van der Waals surface area contributed by atoms with E-state index in [1.54, 1.807) is 10.5 Å². The fourth-order valence-corrected chi connectivity index (χ4v) is 4.91. The molecule has 0 atom stereocenters. The Bertz CT molecular complexity index is 1010. The zero-order chi connectivity index (χ0) is 18.7. The maximum atomic E-state index is 12.7. The lowest BCUT2D eigenvalue weighted by molar-refractivity contribution is 0.130. The van der Waals surface area contributed by atoms with E-state index < -0.39 is 10.0 Å². The van der Waals surface area contributed by atoms with Crippen molar-refractivity contribution in [1.29, 1.82) is 0 Å². The third-order valence-corrected chi connectivity index (χ3v) is 6.65. The molecule has 1 aliphatic rings. The van der Waals surface area contributed by atoms with Gasteiger partial charge in [0.2, 0.25) is 15.9 Å². The minimum absolute atomic E-state index is 0.0359. The first kappa shape index (κ1) is 17.9. The van der Waals surface area contributed by atoms with E-state index in [9.17, 15) is 8.42 Å². The second kappa shape index (κ2) is 7.62. The number of piperidine rings is 1. The predicted octanol–water partition coefficient (Wildman–Crippen LogP) is 3.00. The van der Waals surface area contributed by atoms with Gasteiger partial charge in [-0.25, -0.2) is 12.7 Å². The Kier molecular flexibility index (Phi) is 5.05. The largest absolute Gasteiger partial charge is 0.473 e. The number of hydrogen-bond acceptors (Lipinski definition) is 5. The Morgan fingerprint density at radius 3 is 2.48 bits per heavy atom. The van der Waals surface area contributed by atoms with Gasteiger partial charge >= 0.3 is 0 Å². The van der Waals surface area contributed by atoms with Crippen LogP contribution in [0.1, 0.15) is 18.4 Å². The summed E-state index contributed by atoms with van der Waals surface area (Å²) in [7, 11) is -3.32. The molecule has 7 heteroatoms. The fraction of sp³-hybridized carbons (Fsp3) is 0.300. The molecule has 2 heterocycles. The monoisotopic (exact) mass is 383 g/mol. The van der Waals surface area contributed by atoms with Crippen molar-refractivity contribution in [2.24, 2.45) is 0 Å². The van der Waals surface area contributed by atoms with Crippen LogP contribution in [0.5, 0.6) is 5.88 Å². The van der Waals surface area contributed by atoms with Crippen molar-refractivity contribution in [2.45, 2.75) is 24.7 Å². The van der Waals surface area contributed by atoms with Crippen molar-refractivity contribution >= 4 is 20.8 Å². The van der Waals surface area contributed by atoms with Gasteiger partial charge in [-0.2, -0.15) is 5.10 Å². The van der Waals surface area contributed by atoms with E-state index in [2.05, 4.69) is 10.2 Å². The first-order valence-electron chi connectivity index (χ1n) is 9.01. The topological polar surface area (TPSA) is 72.4 Å². The summed E-state index contributed by atoms with van der Waals surface area (Å²) in [5.74, 6) is 0.549. The Hall–Kier alpha value is -2.51. The molecule has 0 amide bonds. The highest BCUT2D eigenvalue weighted by atomic mass is 32.2. The lowest BCUT2D eigenvalue weighted by Crippen LogP contribution is -2.42. The highest BCUT2D eigenvalue weighted by Gasteiger charge is 2.29. The summed E-state index contributed by atoms with van der Waals surface area (Å²) >= 11 is 0. The van der Waals surface area contributed by atoms with E-state index >= 15 is 0 Å². The second-order valence-electron chi connectivity index (χ2n) is 6.70. The average molecular weight is 383 g/mol. The predicted molar refractivity (Wildman–Crippen MR) is 104 cm³/mol. The molecule has 1 aromatic heterocycles. The van der Waals surface area contributed by atoms with Crippen LogP contribution in [0.15, 0.2) is 60.8 Å². The van der Waals surface area contributed by atoms with Crippen LogP contribution in [0.3, 0.4) is 0 Å². The van der Waals surface area contributed by atoms with Gasteiger partial charge in [-0.3, -0.25) is 0 Å². The standard InChI is InChI=1S/C20H21N3O3S/c24-27(25,15-16-6-2-1-3-7-16)23-12-10-18(11-13-23)26-20-19-9-5-4-8-17(19)14-21-22-20/h1-9,14,18H,10-13,15H2. The number of rotatable bonds is 5. The van der Waals surface area contributed by atoms with Crippen LogP contribution in [-0.2, 0) is 15.8 Å². The number of nitrogens with zero attached hydrogens (tertiary/aromatic N) is 3. The van der Waals surface area contributed by atoms with Gasteiger partial charge in [-0.05, 0) is 24.5 Å². The van der Waals surface area contributed by atoms with Crippen molar-refractivity contribution in [2.75, 3.05) is 13.1 Å². The Balaban J connectivity index is 1.40. The molecule has 0 N–H and O–H groups in total. The molecule has 0 spiro atoms. The highest BCUT2D eigenvalue weighted by molar-refractivity contribution is 7.88. The summed E-state index contributed by atoms with van der Waals surface area (Å²) in [6, 6.07) is 17.1. The molecule has 3 aromatic rings. The van der Waals surface area contributed by atoms with Crippen molar-refractivity contribution < 1.29 is 13.2 Å². The van der Waals surface area contributed by atoms with Crippen molar-refractivity contribution in [3.63, 3.8) is 0 Å². The summed E-state index contributed by atoms with van der Waals surface area (Å²) in [6.07, 6.45) is 2.92. The number of ether oxygens (including phenoxy) is 1. The van der Waals surface area contributed by atoms with E-state index in [0.717, 1.165) is 16.3 Å². The van der Waals surface area contributed by atoms with Crippen LogP contribution in [0.2, 0.25) is 0 Å². The van der Waals surface area contributed by atoms with Crippen LogP contribution in [0.4, 0.5) is 0 Å². The van der Waals surface area contributed by atoms with Gasteiger partial charge in [0.15, 0.2) is 0 Å².